The van der Waals surface area contributed by atoms with Crippen LogP contribution in [0.25, 0.3) is 0 Å². The number of nitro groups is 1. The molecular weight excluding hydrogens is 207 g/mol. The minimum absolute atomic E-state index is 0. The molecule has 0 bridgehead atoms. The van der Waals surface area contributed by atoms with Gasteiger partial charge >= 0.3 is 35.4 Å². The summed E-state index contributed by atoms with van der Waals surface area (Å²) in [6.07, 6.45) is 1.16. The Bertz CT molecular complexity index is 312. The summed E-state index contributed by atoms with van der Waals surface area (Å²) in [6, 6.07) is 2.44. The van der Waals surface area contributed by atoms with Gasteiger partial charge in [0, 0.05) is 0 Å². The van der Waals surface area contributed by atoms with Gasteiger partial charge in [-0.15, -0.1) is 0 Å². The van der Waals surface area contributed by atoms with E-state index in [0.717, 1.165) is 12.3 Å². The monoisotopic (exact) mass is 210 g/mol. The molecule has 1 aromatic heterocycles. The molecule has 0 radical (unpaired) electrons. The van der Waals surface area contributed by atoms with E-state index in [0.29, 0.717) is 0 Å². The third-order valence-electron chi connectivity index (χ3n) is 1.10. The molecule has 0 amide bonds. The van der Waals surface area contributed by atoms with Crippen molar-refractivity contribution < 1.29 is 43.2 Å². The van der Waals surface area contributed by atoms with Crippen LogP contribution in [0.5, 0.6) is 0 Å². The van der Waals surface area contributed by atoms with Gasteiger partial charge in [-0.25, -0.2) is 0 Å². The molecule has 8 heteroatoms. The molecule has 13 heavy (non-hydrogen) atoms. The van der Waals surface area contributed by atoms with Crippen LogP contribution in [0.1, 0.15) is 0 Å². The maximum atomic E-state index is 10.4. The summed E-state index contributed by atoms with van der Waals surface area (Å²) >= 11 is -2.62. The number of hydrogen-bond donors (Lipinski definition) is 0. The smallest absolute Gasteiger partial charge is 0.768 e. The molecule has 1 rings (SSSR count). The molecular formula is C5H3N2NaO4S. The molecule has 1 heterocycles. The second-order valence-corrected chi connectivity index (χ2v) is 2.73. The second-order valence-electron chi connectivity index (χ2n) is 1.82. The van der Waals surface area contributed by atoms with Gasteiger partial charge in [-0.3, -0.25) is 4.21 Å². The average molecular weight is 210 g/mol. The van der Waals surface area contributed by atoms with Gasteiger partial charge < -0.3 is 14.7 Å². The topological polar surface area (TPSA) is 96.2 Å². The Morgan fingerprint density at radius 3 is 2.54 bits per heavy atom. The fraction of sp³-hybridized carbons (Fsp3) is 0. The van der Waals surface area contributed by atoms with Crippen LogP contribution < -0.4 is 29.6 Å². The zero-order chi connectivity index (χ0) is 9.14. The van der Waals surface area contributed by atoms with Crippen LogP contribution in [0.3, 0.4) is 0 Å². The molecule has 0 aromatic carbocycles. The van der Waals surface area contributed by atoms with E-state index in [1.54, 1.807) is 0 Å². The summed E-state index contributed by atoms with van der Waals surface area (Å²) < 4.78 is 20.8. The van der Waals surface area contributed by atoms with Gasteiger partial charge in [0.2, 0.25) is 0 Å². The Kier molecular flexibility index (Phi) is 5.26. The van der Waals surface area contributed by atoms with E-state index in [9.17, 15) is 18.9 Å². The molecule has 64 valence electrons. The zero-order valence-electron chi connectivity index (χ0n) is 6.67. The molecule has 6 nitrogen and oxygen atoms in total. The molecule has 0 aliphatic carbocycles. The van der Waals surface area contributed by atoms with Crippen molar-refractivity contribution in [1.29, 1.82) is 0 Å². The Morgan fingerprint density at radius 2 is 2.15 bits per heavy atom. The van der Waals surface area contributed by atoms with Crippen molar-refractivity contribution in [3.05, 3.63) is 28.4 Å². The minimum atomic E-state index is -2.62. The molecule has 0 saturated carbocycles. The SMILES string of the molecule is O=[N+]([O-])c1ncccc1S(=O)[O-].[Na+]. The van der Waals surface area contributed by atoms with Crippen LogP contribution in [-0.4, -0.2) is 18.7 Å². The van der Waals surface area contributed by atoms with Crippen molar-refractivity contribution >= 4 is 16.9 Å². The van der Waals surface area contributed by atoms with Crippen molar-refractivity contribution in [2.24, 2.45) is 0 Å². The normalized spacial score (nSPS) is 11.5. The largest absolute Gasteiger partial charge is 1.00 e. The third kappa shape index (κ3) is 3.12. The number of aromatic nitrogens is 1. The van der Waals surface area contributed by atoms with Gasteiger partial charge in [0.05, 0.1) is 0 Å². The standard InChI is InChI=1S/C5H4N2O4S.Na/c8-7(9)5-4(12(10)11)2-1-3-6-5;/h1-3H,(H,10,11);/q;+1/p-1. The van der Waals surface area contributed by atoms with Crippen LogP contribution in [0, 0.1) is 10.1 Å². The van der Waals surface area contributed by atoms with Gasteiger partial charge in [-0.2, -0.15) is 0 Å². The first-order chi connectivity index (χ1) is 5.63. The predicted molar refractivity (Wildman–Crippen MR) is 38.1 cm³/mol. The number of pyridine rings is 1. The van der Waals surface area contributed by atoms with E-state index in [1.165, 1.54) is 6.07 Å². The fourth-order valence-corrected chi connectivity index (χ4v) is 1.12. The summed E-state index contributed by atoms with van der Waals surface area (Å²) in [5.74, 6) is -0.647. The molecule has 0 N–H and O–H groups in total. The van der Waals surface area contributed by atoms with Crippen LogP contribution >= 0.6 is 0 Å². The molecule has 1 aromatic rings. The van der Waals surface area contributed by atoms with E-state index in [2.05, 4.69) is 4.98 Å². The van der Waals surface area contributed by atoms with Gasteiger partial charge in [0.1, 0.15) is 11.1 Å². The summed E-state index contributed by atoms with van der Waals surface area (Å²) in [4.78, 5) is 12.3. The summed E-state index contributed by atoms with van der Waals surface area (Å²) in [7, 11) is 0. The Balaban J connectivity index is 0.00000144. The van der Waals surface area contributed by atoms with Crippen LogP contribution in [-0.2, 0) is 11.1 Å². The quantitative estimate of drug-likeness (QED) is 0.228. The summed E-state index contributed by atoms with van der Waals surface area (Å²) in [6.45, 7) is 0. The second kappa shape index (κ2) is 5.40. The average Bonchev–Trinajstić information content (AvgIpc) is 2.04. The predicted octanol–water partition coefficient (Wildman–Crippen LogP) is -2.77. The molecule has 0 aliphatic heterocycles. The van der Waals surface area contributed by atoms with Crippen molar-refractivity contribution in [3.8, 4) is 0 Å². The maximum absolute atomic E-state index is 10.4. The number of hydrogen-bond acceptors (Lipinski definition) is 5. The molecule has 0 spiro atoms. The first-order valence-corrected chi connectivity index (χ1v) is 3.89. The first-order valence-electron chi connectivity index (χ1n) is 2.81. The summed E-state index contributed by atoms with van der Waals surface area (Å²) in [5.41, 5.74) is 0. The molecule has 1 unspecified atom stereocenters. The van der Waals surface area contributed by atoms with Crippen LogP contribution in [0.2, 0.25) is 0 Å². The maximum Gasteiger partial charge on any atom is 1.00 e. The van der Waals surface area contributed by atoms with E-state index < -0.39 is 26.7 Å². The molecule has 0 aliphatic rings. The van der Waals surface area contributed by atoms with E-state index in [-0.39, 0.29) is 29.6 Å². The Labute approximate surface area is 98.1 Å². The molecule has 0 saturated heterocycles. The fourth-order valence-electron chi connectivity index (χ4n) is 0.649. The van der Waals surface area contributed by atoms with Gasteiger partial charge in [0.15, 0.2) is 0 Å². The van der Waals surface area contributed by atoms with Crippen molar-refractivity contribution in [3.63, 3.8) is 0 Å². The van der Waals surface area contributed by atoms with Gasteiger partial charge in [-0.1, -0.05) is 0 Å². The number of nitrogens with zero attached hydrogens (tertiary/aromatic N) is 2. The van der Waals surface area contributed by atoms with Crippen molar-refractivity contribution in [2.75, 3.05) is 0 Å². The summed E-state index contributed by atoms with van der Waals surface area (Å²) in [5, 5.41) is 10.2. The van der Waals surface area contributed by atoms with Crippen molar-refractivity contribution in [2.45, 2.75) is 4.90 Å². The molecule has 1 atom stereocenters. The van der Waals surface area contributed by atoms with Gasteiger partial charge in [-0.05, 0) is 33.1 Å². The van der Waals surface area contributed by atoms with Crippen molar-refractivity contribution in [1.82, 2.24) is 4.98 Å². The minimum Gasteiger partial charge on any atom is -0.768 e. The van der Waals surface area contributed by atoms with E-state index in [4.69, 9.17) is 0 Å². The molecule has 0 fully saturated rings. The number of rotatable bonds is 2. The van der Waals surface area contributed by atoms with E-state index >= 15 is 0 Å². The first kappa shape index (κ1) is 12.7. The van der Waals surface area contributed by atoms with Gasteiger partial charge in [0.25, 0.3) is 0 Å². The Hall–Kier alpha value is -0.340. The van der Waals surface area contributed by atoms with Crippen LogP contribution in [0.4, 0.5) is 5.82 Å². The zero-order valence-corrected chi connectivity index (χ0v) is 9.48. The third-order valence-corrected chi connectivity index (χ3v) is 1.78. The van der Waals surface area contributed by atoms with Crippen LogP contribution in [0.15, 0.2) is 23.2 Å². The Morgan fingerprint density at radius 1 is 1.54 bits per heavy atom. The van der Waals surface area contributed by atoms with E-state index in [1.807, 2.05) is 0 Å².